The molecule has 0 aromatic heterocycles. The Kier molecular flexibility index (Phi) is 4.70. The smallest absolute Gasteiger partial charge is 0.199 e. The molecule has 2 aromatic rings. The van der Waals surface area contributed by atoms with Crippen molar-refractivity contribution in [2.75, 3.05) is 0 Å². The third-order valence-corrected chi connectivity index (χ3v) is 4.67. The van der Waals surface area contributed by atoms with Crippen LogP contribution in [0.1, 0.15) is 5.56 Å². The summed E-state index contributed by atoms with van der Waals surface area (Å²) in [6.07, 6.45) is 0. The van der Waals surface area contributed by atoms with Crippen LogP contribution in [0.25, 0.3) is 0 Å². The fourth-order valence-electron chi connectivity index (χ4n) is 1.44. The fraction of sp³-hybridized carbons (Fsp3) is 0. The van der Waals surface area contributed by atoms with E-state index in [0.29, 0.717) is 15.6 Å². The molecule has 0 bridgehead atoms. The molecule has 0 aliphatic heterocycles. The van der Waals surface area contributed by atoms with Crippen LogP contribution < -0.4 is 0 Å². The van der Waals surface area contributed by atoms with Crippen LogP contribution in [0.2, 0.25) is 10.0 Å². The first kappa shape index (κ1) is 15.3. The number of hydrogen-bond donors (Lipinski definition) is 0. The van der Waals surface area contributed by atoms with Gasteiger partial charge < -0.3 is 0 Å². The monoisotopic (exact) mass is 347 g/mol. The van der Waals surface area contributed by atoms with Gasteiger partial charge in [-0.2, -0.15) is 8.42 Å². The zero-order chi connectivity index (χ0) is 14.8. The van der Waals surface area contributed by atoms with Crippen LogP contribution in [0, 0.1) is 0 Å². The average molecular weight is 349 g/mol. The van der Waals surface area contributed by atoms with Crippen LogP contribution in [0.3, 0.4) is 0 Å². The summed E-state index contributed by atoms with van der Waals surface area (Å²) in [6, 6.07) is 12.2. The fourth-order valence-corrected chi connectivity index (χ4v) is 3.17. The average Bonchev–Trinajstić information content (AvgIpc) is 2.39. The van der Waals surface area contributed by atoms with Gasteiger partial charge in [-0.15, -0.1) is 4.40 Å². The van der Waals surface area contributed by atoms with Gasteiger partial charge in [0.15, 0.2) is 5.17 Å². The predicted molar refractivity (Wildman–Crippen MR) is 82.5 cm³/mol. The molecule has 104 valence electrons. The van der Waals surface area contributed by atoms with Gasteiger partial charge in [-0.1, -0.05) is 53.0 Å². The lowest BCUT2D eigenvalue weighted by Gasteiger charge is -2.03. The maximum atomic E-state index is 12.1. The van der Waals surface area contributed by atoms with Gasteiger partial charge in [0.2, 0.25) is 0 Å². The minimum Gasteiger partial charge on any atom is -0.199 e. The topological polar surface area (TPSA) is 46.5 Å². The van der Waals surface area contributed by atoms with Crippen LogP contribution in [0.5, 0.6) is 0 Å². The van der Waals surface area contributed by atoms with E-state index in [1.165, 1.54) is 24.3 Å². The van der Waals surface area contributed by atoms with Crippen LogP contribution >= 0.6 is 34.8 Å². The second kappa shape index (κ2) is 6.14. The van der Waals surface area contributed by atoms with Gasteiger partial charge in [0.1, 0.15) is 0 Å². The summed E-state index contributed by atoms with van der Waals surface area (Å²) in [6.45, 7) is 0. The van der Waals surface area contributed by atoms with Gasteiger partial charge in [-0.05, 0) is 30.3 Å². The molecule has 0 heterocycles. The van der Waals surface area contributed by atoms with Crippen molar-refractivity contribution >= 4 is 50.0 Å². The van der Waals surface area contributed by atoms with Crippen LogP contribution in [-0.2, 0) is 10.0 Å². The zero-order valence-corrected chi connectivity index (χ0v) is 13.0. The summed E-state index contributed by atoms with van der Waals surface area (Å²) in [4.78, 5) is 0.00658. The van der Waals surface area contributed by atoms with Crippen molar-refractivity contribution in [2.24, 2.45) is 4.40 Å². The first-order valence-electron chi connectivity index (χ1n) is 5.41. The largest absolute Gasteiger partial charge is 0.283 e. The molecule has 0 saturated carbocycles. The van der Waals surface area contributed by atoms with Crippen LogP contribution in [-0.4, -0.2) is 13.6 Å². The molecule has 0 spiro atoms. The summed E-state index contributed by atoms with van der Waals surface area (Å²) in [7, 11) is -3.90. The molecule has 0 radical (unpaired) electrons. The zero-order valence-electron chi connectivity index (χ0n) is 9.92. The van der Waals surface area contributed by atoms with E-state index in [1.807, 2.05) is 0 Å². The van der Waals surface area contributed by atoms with E-state index in [1.54, 1.807) is 24.3 Å². The lowest BCUT2D eigenvalue weighted by Crippen LogP contribution is -2.02. The van der Waals surface area contributed by atoms with Crippen molar-refractivity contribution in [1.29, 1.82) is 0 Å². The molecule has 0 N–H and O–H groups in total. The molecule has 0 amide bonds. The molecule has 0 saturated heterocycles. The Morgan fingerprint density at radius 1 is 0.950 bits per heavy atom. The molecule has 0 unspecified atom stereocenters. The summed E-state index contributed by atoms with van der Waals surface area (Å²) < 4.78 is 27.7. The van der Waals surface area contributed by atoms with E-state index >= 15 is 0 Å². The summed E-state index contributed by atoms with van der Waals surface area (Å²) in [5.41, 5.74) is 0.355. The molecule has 0 atom stereocenters. The number of rotatable bonds is 3. The quantitative estimate of drug-likeness (QED) is 0.773. The third-order valence-electron chi connectivity index (χ3n) is 2.41. The van der Waals surface area contributed by atoms with Crippen molar-refractivity contribution in [3.05, 3.63) is 64.1 Å². The number of nitrogens with zero attached hydrogens (tertiary/aromatic N) is 1. The van der Waals surface area contributed by atoms with Gasteiger partial charge >= 0.3 is 0 Å². The number of benzene rings is 2. The Morgan fingerprint density at radius 3 is 2.15 bits per heavy atom. The lowest BCUT2D eigenvalue weighted by atomic mass is 10.2. The van der Waals surface area contributed by atoms with Crippen LogP contribution in [0.15, 0.2) is 57.8 Å². The van der Waals surface area contributed by atoms with Crippen molar-refractivity contribution in [1.82, 2.24) is 0 Å². The molecule has 20 heavy (non-hydrogen) atoms. The molecule has 0 aliphatic rings. The number of halogens is 3. The summed E-state index contributed by atoms with van der Waals surface area (Å²) >= 11 is 17.6. The first-order valence-corrected chi connectivity index (χ1v) is 7.98. The van der Waals surface area contributed by atoms with Crippen molar-refractivity contribution in [2.45, 2.75) is 4.90 Å². The standard InChI is InChI=1S/C13H8Cl3NO2S/c14-9-5-7-10(8-6-9)20(18,19)17-13(16)11-3-1-2-4-12(11)15/h1-8H/b17-13+. The van der Waals surface area contributed by atoms with Gasteiger partial charge in [0, 0.05) is 10.6 Å². The summed E-state index contributed by atoms with van der Waals surface area (Å²) in [5.74, 6) is 0. The molecule has 7 heteroatoms. The highest BCUT2D eigenvalue weighted by molar-refractivity contribution is 7.90. The van der Waals surface area contributed by atoms with E-state index in [2.05, 4.69) is 4.40 Å². The molecule has 2 aromatic carbocycles. The Bertz CT molecular complexity index is 755. The molecular weight excluding hydrogens is 341 g/mol. The van der Waals surface area contributed by atoms with Gasteiger partial charge in [-0.3, -0.25) is 0 Å². The SMILES string of the molecule is O=S(=O)(/N=C(/Cl)c1ccccc1Cl)c1ccc(Cl)cc1. The van der Waals surface area contributed by atoms with Crippen molar-refractivity contribution in [3.63, 3.8) is 0 Å². The maximum Gasteiger partial charge on any atom is 0.283 e. The maximum absolute atomic E-state index is 12.1. The first-order chi connectivity index (χ1) is 9.40. The highest BCUT2D eigenvalue weighted by atomic mass is 35.5. The molecular formula is C13H8Cl3NO2S. The Morgan fingerprint density at radius 2 is 1.55 bits per heavy atom. The van der Waals surface area contributed by atoms with E-state index in [-0.39, 0.29) is 10.1 Å². The van der Waals surface area contributed by atoms with Gasteiger partial charge in [0.25, 0.3) is 10.0 Å². The van der Waals surface area contributed by atoms with Gasteiger partial charge in [0.05, 0.1) is 9.92 Å². The predicted octanol–water partition coefficient (Wildman–Crippen LogP) is 4.37. The van der Waals surface area contributed by atoms with Crippen LogP contribution in [0.4, 0.5) is 0 Å². The van der Waals surface area contributed by atoms with Crippen molar-refractivity contribution < 1.29 is 8.42 Å². The summed E-state index contributed by atoms with van der Waals surface area (Å²) in [5, 5.41) is 0.572. The lowest BCUT2D eigenvalue weighted by molar-refractivity contribution is 0.598. The number of hydrogen-bond acceptors (Lipinski definition) is 2. The Labute approximate surface area is 131 Å². The minimum absolute atomic E-state index is 0.00658. The molecule has 0 fully saturated rings. The normalized spacial score (nSPS) is 12.4. The van der Waals surface area contributed by atoms with Crippen molar-refractivity contribution in [3.8, 4) is 0 Å². The van der Waals surface area contributed by atoms with Gasteiger partial charge in [-0.25, -0.2) is 0 Å². The second-order valence-corrected chi connectivity index (χ2v) is 6.60. The third kappa shape index (κ3) is 3.52. The molecule has 2 rings (SSSR count). The second-order valence-electron chi connectivity index (χ2n) is 3.79. The Balaban J connectivity index is 2.43. The van der Waals surface area contributed by atoms with E-state index in [9.17, 15) is 8.42 Å². The molecule has 3 nitrogen and oxygen atoms in total. The highest BCUT2D eigenvalue weighted by Crippen LogP contribution is 2.21. The highest BCUT2D eigenvalue weighted by Gasteiger charge is 2.15. The molecule has 0 aliphatic carbocycles. The van der Waals surface area contributed by atoms with E-state index in [4.69, 9.17) is 34.8 Å². The minimum atomic E-state index is -3.90. The van der Waals surface area contributed by atoms with E-state index in [0.717, 1.165) is 0 Å². The Hall–Kier alpha value is -1.07. The van der Waals surface area contributed by atoms with E-state index < -0.39 is 10.0 Å². The number of sulfonamides is 1.